The van der Waals surface area contributed by atoms with E-state index in [2.05, 4.69) is 44.7 Å². The van der Waals surface area contributed by atoms with Crippen LogP contribution in [0.1, 0.15) is 30.9 Å². The van der Waals surface area contributed by atoms with E-state index in [0.717, 1.165) is 24.7 Å². The molecule has 3 heteroatoms. The predicted molar refractivity (Wildman–Crippen MR) is 73.4 cm³/mol. The Balaban J connectivity index is 2.40. The van der Waals surface area contributed by atoms with Gasteiger partial charge in [0.25, 0.3) is 0 Å². The van der Waals surface area contributed by atoms with Crippen LogP contribution in [0.25, 0.3) is 0 Å². The monoisotopic (exact) mass is 252 g/mol. The van der Waals surface area contributed by atoms with Gasteiger partial charge in [0, 0.05) is 5.75 Å². The number of benzene rings is 1. The minimum absolute atomic E-state index is 0.110. The molecule has 0 bridgehead atoms. The van der Waals surface area contributed by atoms with E-state index in [9.17, 15) is 0 Å². The third kappa shape index (κ3) is 2.18. The van der Waals surface area contributed by atoms with Crippen molar-refractivity contribution < 1.29 is 9.47 Å². The van der Waals surface area contributed by atoms with Crippen molar-refractivity contribution in [3.63, 3.8) is 0 Å². The maximum Gasteiger partial charge on any atom is 0.122 e. The first-order chi connectivity index (χ1) is 8.13. The zero-order chi connectivity index (χ0) is 12.5. The fourth-order valence-corrected chi connectivity index (χ4v) is 2.58. The van der Waals surface area contributed by atoms with Crippen LogP contribution < -0.4 is 4.74 Å². The van der Waals surface area contributed by atoms with Crippen LogP contribution in [0.5, 0.6) is 5.75 Å². The van der Waals surface area contributed by atoms with E-state index in [-0.39, 0.29) is 5.41 Å². The second-order valence-corrected chi connectivity index (χ2v) is 5.36. The number of thiol groups is 1. The summed E-state index contributed by atoms with van der Waals surface area (Å²) >= 11 is 4.47. The molecule has 0 unspecified atom stereocenters. The Morgan fingerprint density at radius 2 is 2.12 bits per heavy atom. The van der Waals surface area contributed by atoms with E-state index in [1.165, 1.54) is 11.1 Å². The van der Waals surface area contributed by atoms with Crippen molar-refractivity contribution in [2.75, 3.05) is 26.1 Å². The minimum Gasteiger partial charge on any atom is -0.496 e. The molecule has 1 fully saturated rings. The summed E-state index contributed by atoms with van der Waals surface area (Å²) in [5, 5.41) is 0. The van der Waals surface area contributed by atoms with Gasteiger partial charge in [-0.1, -0.05) is 26.0 Å². The summed E-state index contributed by atoms with van der Waals surface area (Å²) in [4.78, 5) is 0. The smallest absolute Gasteiger partial charge is 0.122 e. The Labute approximate surface area is 109 Å². The molecule has 1 saturated heterocycles. The number of ether oxygens (including phenoxy) is 2. The van der Waals surface area contributed by atoms with Crippen molar-refractivity contribution in [1.29, 1.82) is 0 Å². The number of rotatable bonds is 4. The number of methoxy groups -OCH3 is 1. The first-order valence-electron chi connectivity index (χ1n) is 6.00. The SMILES string of the molecule is COc1ccc(C2(CS)COC2)cc1C(C)C. The maximum atomic E-state index is 5.41. The summed E-state index contributed by atoms with van der Waals surface area (Å²) in [5.41, 5.74) is 2.69. The molecule has 0 spiro atoms. The topological polar surface area (TPSA) is 18.5 Å². The van der Waals surface area contributed by atoms with Crippen LogP contribution >= 0.6 is 12.6 Å². The maximum absolute atomic E-state index is 5.41. The normalized spacial score (nSPS) is 17.9. The van der Waals surface area contributed by atoms with Crippen LogP contribution in [-0.4, -0.2) is 26.1 Å². The van der Waals surface area contributed by atoms with E-state index >= 15 is 0 Å². The van der Waals surface area contributed by atoms with E-state index in [4.69, 9.17) is 9.47 Å². The largest absolute Gasteiger partial charge is 0.496 e. The summed E-state index contributed by atoms with van der Waals surface area (Å²) in [7, 11) is 1.72. The lowest BCUT2D eigenvalue weighted by Gasteiger charge is -2.41. The van der Waals surface area contributed by atoms with Gasteiger partial charge in [-0.3, -0.25) is 0 Å². The van der Waals surface area contributed by atoms with Crippen molar-refractivity contribution >= 4 is 12.6 Å². The van der Waals surface area contributed by atoms with Crippen LogP contribution in [0.2, 0.25) is 0 Å². The predicted octanol–water partition coefficient (Wildman–Crippen LogP) is 3.02. The summed E-state index contributed by atoms with van der Waals surface area (Å²) in [6, 6.07) is 6.46. The summed E-state index contributed by atoms with van der Waals surface area (Å²) in [6.45, 7) is 5.93. The lowest BCUT2D eigenvalue weighted by atomic mass is 9.79. The van der Waals surface area contributed by atoms with Gasteiger partial charge in [0.05, 0.1) is 25.7 Å². The average molecular weight is 252 g/mol. The van der Waals surface area contributed by atoms with Crippen molar-refractivity contribution in [2.45, 2.75) is 25.2 Å². The molecule has 1 heterocycles. The highest BCUT2D eigenvalue weighted by Crippen LogP contribution is 2.37. The van der Waals surface area contributed by atoms with E-state index in [1.54, 1.807) is 7.11 Å². The van der Waals surface area contributed by atoms with Crippen molar-refractivity contribution in [1.82, 2.24) is 0 Å². The molecule has 94 valence electrons. The van der Waals surface area contributed by atoms with Gasteiger partial charge in [-0.05, 0) is 23.1 Å². The quantitative estimate of drug-likeness (QED) is 0.830. The highest BCUT2D eigenvalue weighted by atomic mass is 32.1. The highest BCUT2D eigenvalue weighted by molar-refractivity contribution is 7.80. The van der Waals surface area contributed by atoms with Gasteiger partial charge >= 0.3 is 0 Å². The van der Waals surface area contributed by atoms with Gasteiger partial charge in [0.2, 0.25) is 0 Å². The summed E-state index contributed by atoms with van der Waals surface area (Å²) in [5.74, 6) is 2.26. The Kier molecular flexibility index (Phi) is 3.69. The zero-order valence-electron chi connectivity index (χ0n) is 10.7. The van der Waals surface area contributed by atoms with E-state index < -0.39 is 0 Å². The van der Waals surface area contributed by atoms with Gasteiger partial charge in [-0.15, -0.1) is 0 Å². The van der Waals surface area contributed by atoms with Gasteiger partial charge in [0.15, 0.2) is 0 Å². The molecule has 2 rings (SSSR count). The van der Waals surface area contributed by atoms with Crippen LogP contribution in [0.3, 0.4) is 0 Å². The lowest BCUT2D eigenvalue weighted by molar-refractivity contribution is -0.0471. The molecule has 2 nitrogen and oxygen atoms in total. The van der Waals surface area contributed by atoms with E-state index in [1.807, 2.05) is 0 Å². The van der Waals surface area contributed by atoms with Gasteiger partial charge < -0.3 is 9.47 Å². The molecule has 0 saturated carbocycles. The zero-order valence-corrected chi connectivity index (χ0v) is 11.6. The molecule has 0 radical (unpaired) electrons. The second-order valence-electron chi connectivity index (χ2n) is 5.04. The van der Waals surface area contributed by atoms with Crippen molar-refractivity contribution in [2.24, 2.45) is 0 Å². The molecule has 1 aliphatic heterocycles. The molecule has 0 atom stereocenters. The number of hydrogen-bond donors (Lipinski definition) is 1. The van der Waals surface area contributed by atoms with Gasteiger partial charge in [-0.2, -0.15) is 12.6 Å². The lowest BCUT2D eigenvalue weighted by Crippen LogP contribution is -2.48. The minimum atomic E-state index is 0.110. The standard InChI is InChI=1S/C14H20O2S/c1-10(2)12-6-11(4-5-13(12)15-3)14(9-17)7-16-8-14/h4-6,10,17H,7-9H2,1-3H3. The summed E-state index contributed by atoms with van der Waals surface area (Å²) < 4.78 is 10.8. The summed E-state index contributed by atoms with van der Waals surface area (Å²) in [6.07, 6.45) is 0. The van der Waals surface area contributed by atoms with Crippen LogP contribution in [0.4, 0.5) is 0 Å². The first kappa shape index (κ1) is 12.8. The van der Waals surface area contributed by atoms with Gasteiger partial charge in [-0.25, -0.2) is 0 Å². The highest BCUT2D eigenvalue weighted by Gasteiger charge is 2.39. The Hall–Kier alpha value is -0.670. The first-order valence-corrected chi connectivity index (χ1v) is 6.63. The van der Waals surface area contributed by atoms with Crippen molar-refractivity contribution in [3.8, 4) is 5.75 Å². The van der Waals surface area contributed by atoms with Crippen molar-refractivity contribution in [3.05, 3.63) is 29.3 Å². The molecule has 17 heavy (non-hydrogen) atoms. The average Bonchev–Trinajstić information content (AvgIpc) is 2.28. The molecule has 0 amide bonds. The van der Waals surface area contributed by atoms with Crippen LogP contribution in [-0.2, 0) is 10.2 Å². The molecule has 1 aromatic carbocycles. The third-order valence-corrected chi connectivity index (χ3v) is 4.13. The Bertz CT molecular complexity index is 392. The molecular formula is C14H20O2S. The van der Waals surface area contributed by atoms with Crippen LogP contribution in [0, 0.1) is 0 Å². The molecule has 0 N–H and O–H groups in total. The van der Waals surface area contributed by atoms with Crippen LogP contribution in [0.15, 0.2) is 18.2 Å². The number of hydrogen-bond acceptors (Lipinski definition) is 3. The fraction of sp³-hybridized carbons (Fsp3) is 0.571. The molecular weight excluding hydrogens is 232 g/mol. The second kappa shape index (κ2) is 4.91. The molecule has 0 aliphatic carbocycles. The third-order valence-electron chi connectivity index (χ3n) is 3.52. The fourth-order valence-electron chi connectivity index (χ4n) is 2.21. The van der Waals surface area contributed by atoms with E-state index in [0.29, 0.717) is 5.92 Å². The Morgan fingerprint density at radius 1 is 1.41 bits per heavy atom. The molecule has 0 aromatic heterocycles. The van der Waals surface area contributed by atoms with Gasteiger partial charge in [0.1, 0.15) is 5.75 Å². The molecule has 1 aromatic rings. The molecule has 1 aliphatic rings. The Morgan fingerprint density at radius 3 is 2.53 bits per heavy atom.